The Balaban J connectivity index is 1.55. The van der Waals surface area contributed by atoms with Crippen molar-refractivity contribution in [3.63, 3.8) is 0 Å². The molecule has 1 aliphatic rings. The van der Waals surface area contributed by atoms with E-state index in [4.69, 9.17) is 5.73 Å². The normalized spacial score (nSPS) is 15.9. The summed E-state index contributed by atoms with van der Waals surface area (Å²) in [5.41, 5.74) is 5.69. The van der Waals surface area contributed by atoms with E-state index in [0.717, 1.165) is 0 Å². The molecule has 13 heteroatoms. The van der Waals surface area contributed by atoms with Crippen LogP contribution in [-0.4, -0.2) is 55.0 Å². The first-order chi connectivity index (χ1) is 15.4. The van der Waals surface area contributed by atoms with Gasteiger partial charge in [-0.1, -0.05) is 0 Å². The van der Waals surface area contributed by atoms with E-state index in [0.29, 0.717) is 5.69 Å². The van der Waals surface area contributed by atoms with Gasteiger partial charge in [0.25, 0.3) is 5.91 Å². The number of hydrogen-bond acceptors (Lipinski definition) is 5. The summed E-state index contributed by atoms with van der Waals surface area (Å²) in [6.45, 7) is -1.18. The van der Waals surface area contributed by atoms with Crippen LogP contribution in [0, 0.1) is 5.92 Å². The van der Waals surface area contributed by atoms with Crippen LogP contribution >= 0.6 is 0 Å². The number of anilines is 1. The first-order valence-electron chi connectivity index (χ1n) is 9.93. The molecule has 2 aromatic rings. The van der Waals surface area contributed by atoms with E-state index >= 15 is 0 Å². The number of nitrogens with zero attached hydrogens (tertiary/aromatic N) is 2. The van der Waals surface area contributed by atoms with Gasteiger partial charge in [-0.3, -0.25) is 9.59 Å². The molecule has 2 amide bonds. The van der Waals surface area contributed by atoms with Crippen molar-refractivity contribution in [2.24, 2.45) is 18.7 Å². The van der Waals surface area contributed by atoms with Gasteiger partial charge in [0.1, 0.15) is 16.3 Å². The second-order valence-electron chi connectivity index (χ2n) is 7.63. The number of amides is 2. The van der Waals surface area contributed by atoms with Crippen LogP contribution in [0.2, 0.25) is 0 Å². The molecule has 3 N–H and O–H groups in total. The van der Waals surface area contributed by atoms with E-state index in [9.17, 15) is 31.2 Å². The van der Waals surface area contributed by atoms with Crippen LogP contribution in [0.1, 0.15) is 23.3 Å². The number of halogens is 3. The Bertz CT molecular complexity index is 1120. The third kappa shape index (κ3) is 6.05. The first kappa shape index (κ1) is 24.6. The van der Waals surface area contributed by atoms with Gasteiger partial charge in [0.05, 0.1) is 0 Å². The number of carbonyl (C=O) groups is 2. The lowest BCUT2D eigenvalue weighted by atomic mass is 9.97. The Morgan fingerprint density at radius 3 is 2.30 bits per heavy atom. The van der Waals surface area contributed by atoms with E-state index in [1.807, 2.05) is 0 Å². The number of hydrogen-bond donors (Lipinski definition) is 2. The van der Waals surface area contributed by atoms with Gasteiger partial charge in [-0.15, -0.1) is 0 Å². The summed E-state index contributed by atoms with van der Waals surface area (Å²) >= 11 is 0. The van der Waals surface area contributed by atoms with Crippen molar-refractivity contribution in [2.45, 2.75) is 23.9 Å². The summed E-state index contributed by atoms with van der Waals surface area (Å²) in [7, 11) is -2.33. The standard InChI is InChI=1S/C20H23F3N4O5S/c1-26-11-16(10-17(26)18(24)28)33(30,31)27-8-6-13(7-9-27)19(29)25-14-2-4-15(5-3-14)32-12-20(21,22)23/h2-5,10-11,13H,6-9,12H2,1H3,(H2,24,28)(H,25,29). The van der Waals surface area contributed by atoms with Crippen LogP contribution in [0.25, 0.3) is 0 Å². The molecule has 0 unspecified atom stereocenters. The van der Waals surface area contributed by atoms with E-state index < -0.39 is 34.6 Å². The monoisotopic (exact) mass is 488 g/mol. The van der Waals surface area contributed by atoms with Crippen LogP contribution in [-0.2, 0) is 21.9 Å². The molecule has 0 saturated carbocycles. The molecule has 1 saturated heterocycles. The number of aryl methyl sites for hydroxylation is 1. The van der Waals surface area contributed by atoms with Gasteiger partial charge >= 0.3 is 6.18 Å². The fourth-order valence-electron chi connectivity index (χ4n) is 3.47. The molecule has 3 rings (SSSR count). The highest BCUT2D eigenvalue weighted by molar-refractivity contribution is 7.89. The highest BCUT2D eigenvalue weighted by atomic mass is 32.2. The van der Waals surface area contributed by atoms with Gasteiger partial charge in [-0.2, -0.15) is 17.5 Å². The lowest BCUT2D eigenvalue weighted by molar-refractivity contribution is -0.153. The summed E-state index contributed by atoms with van der Waals surface area (Å²) in [6, 6.07) is 6.70. The van der Waals surface area contributed by atoms with Crippen LogP contribution in [0.5, 0.6) is 5.75 Å². The van der Waals surface area contributed by atoms with Crippen LogP contribution in [0.4, 0.5) is 18.9 Å². The van der Waals surface area contributed by atoms with Crippen molar-refractivity contribution < 1.29 is 35.9 Å². The fourth-order valence-corrected chi connectivity index (χ4v) is 5.01. The molecule has 1 fully saturated rings. The van der Waals surface area contributed by atoms with Crippen LogP contribution < -0.4 is 15.8 Å². The first-order valence-corrected chi connectivity index (χ1v) is 11.4. The quantitative estimate of drug-likeness (QED) is 0.618. The molecular formula is C20H23F3N4O5S. The van der Waals surface area contributed by atoms with Gasteiger partial charge in [0, 0.05) is 37.9 Å². The van der Waals surface area contributed by atoms with Gasteiger partial charge in [-0.05, 0) is 43.2 Å². The average molecular weight is 488 g/mol. The minimum Gasteiger partial charge on any atom is -0.484 e. The number of carbonyl (C=O) groups excluding carboxylic acids is 2. The van der Waals surface area contributed by atoms with Gasteiger partial charge in [0.15, 0.2) is 6.61 Å². The molecule has 1 aromatic carbocycles. The zero-order valence-electron chi connectivity index (χ0n) is 17.6. The molecular weight excluding hydrogens is 465 g/mol. The average Bonchev–Trinajstić information content (AvgIpc) is 3.15. The Morgan fingerprint density at radius 1 is 1.18 bits per heavy atom. The number of primary amides is 1. The van der Waals surface area contributed by atoms with Crippen LogP contribution in [0.3, 0.4) is 0 Å². The third-order valence-electron chi connectivity index (χ3n) is 5.22. The SMILES string of the molecule is Cn1cc(S(=O)(=O)N2CCC(C(=O)Nc3ccc(OCC(F)(F)F)cc3)CC2)cc1C(N)=O. The Kier molecular flexibility index (Phi) is 7.03. The van der Waals surface area contributed by atoms with Crippen molar-refractivity contribution >= 4 is 27.5 Å². The molecule has 9 nitrogen and oxygen atoms in total. The summed E-state index contributed by atoms with van der Waals surface area (Å²) in [5.74, 6) is -1.47. The predicted octanol–water partition coefficient (Wildman–Crippen LogP) is 2.10. The number of benzene rings is 1. The minimum atomic E-state index is -4.44. The van der Waals surface area contributed by atoms with Crippen molar-refractivity contribution in [3.8, 4) is 5.75 Å². The number of nitrogens with two attached hydrogens (primary N) is 1. The number of ether oxygens (including phenoxy) is 1. The van der Waals surface area contributed by atoms with E-state index in [-0.39, 0.29) is 48.2 Å². The highest BCUT2D eigenvalue weighted by Gasteiger charge is 2.33. The highest BCUT2D eigenvalue weighted by Crippen LogP contribution is 2.26. The fraction of sp³-hybridized carbons (Fsp3) is 0.400. The van der Waals surface area contributed by atoms with Gasteiger partial charge in [0.2, 0.25) is 15.9 Å². The number of aromatic nitrogens is 1. The number of piperidine rings is 1. The maximum atomic E-state index is 12.9. The molecule has 33 heavy (non-hydrogen) atoms. The summed E-state index contributed by atoms with van der Waals surface area (Å²) in [6.07, 6.45) is -2.56. The topological polar surface area (TPSA) is 124 Å². The molecule has 0 atom stereocenters. The lowest BCUT2D eigenvalue weighted by Gasteiger charge is -2.30. The number of sulfonamides is 1. The molecule has 0 radical (unpaired) electrons. The number of alkyl halides is 3. The van der Waals surface area contributed by atoms with Crippen LogP contribution in [0.15, 0.2) is 41.4 Å². The smallest absolute Gasteiger partial charge is 0.422 e. The van der Waals surface area contributed by atoms with Crippen molar-refractivity contribution in [1.29, 1.82) is 0 Å². The van der Waals surface area contributed by atoms with Crippen molar-refractivity contribution in [1.82, 2.24) is 8.87 Å². The summed E-state index contributed by atoms with van der Waals surface area (Å²) in [5, 5.41) is 2.68. The summed E-state index contributed by atoms with van der Waals surface area (Å²) < 4.78 is 69.6. The largest absolute Gasteiger partial charge is 0.484 e. The maximum Gasteiger partial charge on any atom is 0.422 e. The second kappa shape index (κ2) is 9.43. The van der Waals surface area contributed by atoms with Crippen molar-refractivity contribution in [3.05, 3.63) is 42.2 Å². The predicted molar refractivity (Wildman–Crippen MR) is 112 cm³/mol. The Labute approximate surface area is 188 Å². The molecule has 1 aromatic heterocycles. The number of rotatable bonds is 7. The Hall–Kier alpha value is -3.06. The molecule has 0 spiro atoms. The molecule has 180 valence electrons. The Morgan fingerprint density at radius 2 is 1.79 bits per heavy atom. The van der Waals surface area contributed by atoms with Crippen molar-refractivity contribution in [2.75, 3.05) is 25.0 Å². The van der Waals surface area contributed by atoms with Gasteiger partial charge in [-0.25, -0.2) is 8.42 Å². The molecule has 0 bridgehead atoms. The molecule has 1 aliphatic heterocycles. The summed E-state index contributed by atoms with van der Waals surface area (Å²) in [4.78, 5) is 23.9. The molecule has 0 aliphatic carbocycles. The van der Waals surface area contributed by atoms with Gasteiger partial charge < -0.3 is 20.4 Å². The maximum absolute atomic E-state index is 12.9. The zero-order valence-corrected chi connectivity index (χ0v) is 18.4. The third-order valence-corrected chi connectivity index (χ3v) is 7.08. The zero-order chi connectivity index (χ0) is 24.4. The lowest BCUT2D eigenvalue weighted by Crippen LogP contribution is -2.41. The second-order valence-corrected chi connectivity index (χ2v) is 9.57. The minimum absolute atomic E-state index is 0.0178. The molecule has 2 heterocycles. The van der Waals surface area contributed by atoms with E-state index in [2.05, 4.69) is 10.1 Å². The van der Waals surface area contributed by atoms with E-state index in [1.165, 1.54) is 52.4 Å². The van der Waals surface area contributed by atoms with E-state index in [1.54, 1.807) is 0 Å². The number of nitrogens with one attached hydrogen (secondary N) is 1.